The average molecular weight is 329 g/mol. The van der Waals surface area contributed by atoms with Crippen molar-refractivity contribution in [3.63, 3.8) is 0 Å². The molecule has 124 valence electrons. The van der Waals surface area contributed by atoms with E-state index in [1.807, 2.05) is 78.9 Å². The predicted octanol–water partition coefficient (Wildman–Crippen LogP) is 4.43. The largest absolute Gasteiger partial charge is 0.488 e. The summed E-state index contributed by atoms with van der Waals surface area (Å²) in [6, 6.07) is 25.9. The molecule has 0 aliphatic carbocycles. The van der Waals surface area contributed by atoms with Gasteiger partial charge in [-0.2, -0.15) is 0 Å². The number of amides is 1. The van der Waals surface area contributed by atoms with Gasteiger partial charge in [-0.3, -0.25) is 4.79 Å². The van der Waals surface area contributed by atoms with Gasteiger partial charge < -0.3 is 10.5 Å². The number of benzene rings is 3. The molecule has 0 fully saturated rings. The Hall–Kier alpha value is -3.33. The van der Waals surface area contributed by atoms with Crippen molar-refractivity contribution in [3.8, 4) is 16.9 Å². The van der Waals surface area contributed by atoms with E-state index in [1.54, 1.807) is 6.08 Å². The van der Waals surface area contributed by atoms with Crippen molar-refractivity contribution in [1.82, 2.24) is 0 Å². The number of hydrogen-bond acceptors (Lipinski definition) is 2. The van der Waals surface area contributed by atoms with Gasteiger partial charge in [0.1, 0.15) is 12.4 Å². The van der Waals surface area contributed by atoms with Gasteiger partial charge in [-0.15, -0.1) is 0 Å². The molecule has 0 aromatic heterocycles. The number of nitrogens with two attached hydrogens (primary N) is 1. The van der Waals surface area contributed by atoms with Crippen LogP contribution in [0, 0.1) is 0 Å². The fourth-order valence-corrected chi connectivity index (χ4v) is 2.53. The summed E-state index contributed by atoms with van der Waals surface area (Å²) in [5.74, 6) is 0.222. The first-order valence-electron chi connectivity index (χ1n) is 8.06. The first-order valence-corrected chi connectivity index (χ1v) is 8.06. The van der Waals surface area contributed by atoms with E-state index in [1.165, 1.54) is 6.08 Å². The van der Waals surface area contributed by atoms with Gasteiger partial charge in [0.25, 0.3) is 0 Å². The van der Waals surface area contributed by atoms with Crippen molar-refractivity contribution >= 4 is 12.0 Å². The van der Waals surface area contributed by atoms with Gasteiger partial charge in [0, 0.05) is 11.6 Å². The van der Waals surface area contributed by atoms with Gasteiger partial charge in [-0.05, 0) is 34.9 Å². The van der Waals surface area contributed by atoms with E-state index in [-0.39, 0.29) is 0 Å². The van der Waals surface area contributed by atoms with Crippen molar-refractivity contribution in [1.29, 1.82) is 0 Å². The van der Waals surface area contributed by atoms with Crippen molar-refractivity contribution in [2.24, 2.45) is 5.73 Å². The molecule has 0 saturated carbocycles. The van der Waals surface area contributed by atoms with Crippen LogP contribution in [0.2, 0.25) is 0 Å². The second kappa shape index (κ2) is 7.97. The van der Waals surface area contributed by atoms with E-state index in [0.29, 0.717) is 12.4 Å². The van der Waals surface area contributed by atoms with Crippen molar-refractivity contribution in [3.05, 3.63) is 96.1 Å². The van der Waals surface area contributed by atoms with Crippen LogP contribution in [0.5, 0.6) is 5.75 Å². The zero-order chi connectivity index (χ0) is 17.5. The Labute approximate surface area is 147 Å². The molecular weight excluding hydrogens is 310 g/mol. The van der Waals surface area contributed by atoms with E-state index < -0.39 is 5.91 Å². The highest BCUT2D eigenvalue weighted by atomic mass is 16.5. The van der Waals surface area contributed by atoms with Crippen LogP contribution in [0.4, 0.5) is 0 Å². The molecule has 0 radical (unpaired) electrons. The van der Waals surface area contributed by atoms with Crippen LogP contribution in [0.15, 0.2) is 84.9 Å². The summed E-state index contributed by atoms with van der Waals surface area (Å²) in [7, 11) is 0. The number of hydrogen-bond donors (Lipinski definition) is 1. The minimum Gasteiger partial charge on any atom is -0.488 e. The van der Waals surface area contributed by atoms with Crippen LogP contribution < -0.4 is 10.5 Å². The molecule has 3 nitrogen and oxygen atoms in total. The molecular formula is C22H19NO2. The Balaban J connectivity index is 1.89. The van der Waals surface area contributed by atoms with Gasteiger partial charge in [0.05, 0.1) is 0 Å². The first kappa shape index (κ1) is 16.5. The molecule has 0 atom stereocenters. The Bertz CT molecular complexity index is 871. The van der Waals surface area contributed by atoms with Crippen molar-refractivity contribution < 1.29 is 9.53 Å². The number of rotatable bonds is 6. The molecule has 3 rings (SSSR count). The highest BCUT2D eigenvalue weighted by Crippen LogP contribution is 2.28. The van der Waals surface area contributed by atoms with Gasteiger partial charge in [-0.25, -0.2) is 0 Å². The van der Waals surface area contributed by atoms with Gasteiger partial charge >= 0.3 is 0 Å². The van der Waals surface area contributed by atoms with Gasteiger partial charge in [0.15, 0.2) is 0 Å². The fraction of sp³-hybridized carbons (Fsp3) is 0.0455. The van der Waals surface area contributed by atoms with Crippen molar-refractivity contribution in [2.75, 3.05) is 0 Å². The quantitative estimate of drug-likeness (QED) is 0.680. The van der Waals surface area contributed by atoms with Gasteiger partial charge in [-0.1, -0.05) is 66.7 Å². The van der Waals surface area contributed by atoms with E-state index in [4.69, 9.17) is 10.5 Å². The molecule has 0 bridgehead atoms. The number of primary amides is 1. The standard InChI is InChI=1S/C22H19NO2/c23-22(24)14-12-20-15-19(18-9-5-2-6-10-18)11-13-21(20)25-16-17-7-3-1-4-8-17/h1-15H,16H2,(H2,23,24)/b14-12+. The molecule has 3 aromatic carbocycles. The molecule has 0 heterocycles. The van der Waals surface area contributed by atoms with Gasteiger partial charge in [0.2, 0.25) is 5.91 Å². The lowest BCUT2D eigenvalue weighted by atomic mass is 10.0. The molecule has 0 spiro atoms. The van der Waals surface area contributed by atoms with E-state index in [9.17, 15) is 4.79 Å². The molecule has 0 aliphatic rings. The highest BCUT2D eigenvalue weighted by Gasteiger charge is 2.06. The van der Waals surface area contributed by atoms with Crippen molar-refractivity contribution in [2.45, 2.75) is 6.61 Å². The molecule has 0 unspecified atom stereocenters. The Morgan fingerprint density at radius 1 is 0.880 bits per heavy atom. The number of carbonyl (C=O) groups excluding carboxylic acids is 1. The SMILES string of the molecule is NC(=O)/C=C/c1cc(-c2ccccc2)ccc1OCc1ccccc1. The maximum atomic E-state index is 11.1. The Kier molecular flexibility index (Phi) is 5.27. The minimum atomic E-state index is -0.487. The lowest BCUT2D eigenvalue weighted by Gasteiger charge is -2.11. The summed E-state index contributed by atoms with van der Waals surface area (Å²) in [6.45, 7) is 0.461. The Morgan fingerprint density at radius 3 is 2.24 bits per heavy atom. The van der Waals surface area contributed by atoms with Crippen LogP contribution in [-0.2, 0) is 11.4 Å². The normalized spacial score (nSPS) is 10.7. The maximum Gasteiger partial charge on any atom is 0.241 e. The third-order valence-corrected chi connectivity index (χ3v) is 3.78. The summed E-state index contributed by atoms with van der Waals surface area (Å²) in [4.78, 5) is 11.1. The monoisotopic (exact) mass is 329 g/mol. The molecule has 3 heteroatoms. The molecule has 3 aromatic rings. The van der Waals surface area contributed by atoms with E-state index in [0.717, 1.165) is 22.3 Å². The lowest BCUT2D eigenvalue weighted by Crippen LogP contribution is -2.05. The minimum absolute atomic E-state index is 0.461. The third-order valence-electron chi connectivity index (χ3n) is 3.78. The summed E-state index contributed by atoms with van der Waals surface area (Å²) in [6.07, 6.45) is 3.04. The first-order chi connectivity index (χ1) is 12.2. The highest BCUT2D eigenvalue weighted by molar-refractivity contribution is 5.91. The molecule has 2 N–H and O–H groups in total. The molecule has 25 heavy (non-hydrogen) atoms. The van der Waals surface area contributed by atoms with Crippen LogP contribution in [0.25, 0.3) is 17.2 Å². The molecule has 0 aliphatic heterocycles. The second-order valence-corrected chi connectivity index (χ2v) is 5.63. The smallest absolute Gasteiger partial charge is 0.241 e. The summed E-state index contributed by atoms with van der Waals surface area (Å²) in [5, 5.41) is 0. The van der Waals surface area contributed by atoms with Crippen LogP contribution in [0.3, 0.4) is 0 Å². The average Bonchev–Trinajstić information content (AvgIpc) is 2.66. The second-order valence-electron chi connectivity index (χ2n) is 5.63. The van der Waals surface area contributed by atoms with Crippen LogP contribution in [-0.4, -0.2) is 5.91 Å². The summed E-state index contributed by atoms with van der Waals surface area (Å²) >= 11 is 0. The fourth-order valence-electron chi connectivity index (χ4n) is 2.53. The van der Waals surface area contributed by atoms with E-state index in [2.05, 4.69) is 0 Å². The van der Waals surface area contributed by atoms with Crippen LogP contribution in [0.1, 0.15) is 11.1 Å². The zero-order valence-corrected chi connectivity index (χ0v) is 13.8. The summed E-state index contributed by atoms with van der Waals surface area (Å²) < 4.78 is 5.94. The van der Waals surface area contributed by atoms with Crippen LogP contribution >= 0.6 is 0 Å². The third kappa shape index (κ3) is 4.58. The number of carbonyl (C=O) groups is 1. The zero-order valence-electron chi connectivity index (χ0n) is 13.8. The lowest BCUT2D eigenvalue weighted by molar-refractivity contribution is -0.113. The predicted molar refractivity (Wildman–Crippen MR) is 101 cm³/mol. The Morgan fingerprint density at radius 2 is 1.56 bits per heavy atom. The molecule has 0 saturated heterocycles. The topological polar surface area (TPSA) is 52.3 Å². The number of ether oxygens (including phenoxy) is 1. The summed E-state index contributed by atoms with van der Waals surface area (Å²) in [5.41, 5.74) is 9.29. The van der Waals surface area contributed by atoms with E-state index >= 15 is 0 Å². The molecule has 1 amide bonds. The maximum absolute atomic E-state index is 11.1.